The van der Waals surface area contributed by atoms with Crippen LogP contribution in [0.1, 0.15) is 45.1 Å². The third-order valence-electron chi connectivity index (χ3n) is 3.45. The molecule has 0 heterocycles. The second-order valence-electron chi connectivity index (χ2n) is 5.27. The van der Waals surface area contributed by atoms with Gasteiger partial charge in [-0.15, -0.1) is 0 Å². The predicted octanol–water partition coefficient (Wildman–Crippen LogP) is 3.78. The highest BCUT2D eigenvalue weighted by Gasteiger charge is 2.05. The van der Waals surface area contributed by atoms with E-state index in [1.807, 2.05) is 19.1 Å². The molecule has 0 radical (unpaired) electrons. The maximum atomic E-state index is 5.68. The molecule has 0 amide bonds. The van der Waals surface area contributed by atoms with Crippen LogP contribution in [0.25, 0.3) is 0 Å². The third kappa shape index (κ3) is 7.66. The molecule has 0 saturated carbocycles. The Bertz CT molecular complexity index is 396. The van der Waals surface area contributed by atoms with Crippen LogP contribution in [0, 0.1) is 0 Å². The summed E-state index contributed by atoms with van der Waals surface area (Å²) in [4.78, 5) is 0. The number of unbranched alkanes of at least 4 members (excludes halogenated alkanes) is 3. The molecule has 0 bridgehead atoms. The van der Waals surface area contributed by atoms with Crippen molar-refractivity contribution in [3.8, 4) is 11.5 Å². The first-order valence-electron chi connectivity index (χ1n) is 8.40. The van der Waals surface area contributed by atoms with Crippen molar-refractivity contribution in [2.45, 2.75) is 46.1 Å². The van der Waals surface area contributed by atoms with Gasteiger partial charge in [-0.25, -0.2) is 0 Å². The molecule has 0 fully saturated rings. The van der Waals surface area contributed by atoms with Crippen molar-refractivity contribution in [3.05, 3.63) is 23.8 Å². The van der Waals surface area contributed by atoms with Crippen molar-refractivity contribution in [1.82, 2.24) is 5.32 Å². The van der Waals surface area contributed by atoms with Crippen molar-refractivity contribution < 1.29 is 14.2 Å². The van der Waals surface area contributed by atoms with Crippen LogP contribution in [-0.2, 0) is 11.3 Å². The van der Waals surface area contributed by atoms with E-state index in [1.165, 1.54) is 31.2 Å². The Balaban J connectivity index is 2.36. The lowest BCUT2D eigenvalue weighted by atomic mass is 10.2. The normalized spacial score (nSPS) is 10.7. The Morgan fingerprint density at radius 1 is 1.00 bits per heavy atom. The molecule has 1 aromatic rings. The Labute approximate surface area is 135 Å². The summed E-state index contributed by atoms with van der Waals surface area (Å²) < 4.78 is 16.4. The molecule has 4 nitrogen and oxygen atoms in total. The average Bonchev–Trinajstić information content (AvgIpc) is 2.55. The maximum Gasteiger partial charge on any atom is 0.161 e. The lowest BCUT2D eigenvalue weighted by molar-refractivity contribution is 0.109. The molecule has 1 aromatic carbocycles. The lowest BCUT2D eigenvalue weighted by Crippen LogP contribution is -2.14. The van der Waals surface area contributed by atoms with Crippen LogP contribution in [-0.4, -0.2) is 33.5 Å². The van der Waals surface area contributed by atoms with Crippen molar-refractivity contribution >= 4 is 0 Å². The van der Waals surface area contributed by atoms with E-state index >= 15 is 0 Å². The molecule has 0 atom stereocenters. The fourth-order valence-corrected chi connectivity index (χ4v) is 2.21. The van der Waals surface area contributed by atoms with Gasteiger partial charge in [0, 0.05) is 13.2 Å². The SMILES string of the molecule is CCCCCCNCc1ccc(OCCOCC)c(OC)c1. The van der Waals surface area contributed by atoms with Gasteiger partial charge in [0.2, 0.25) is 0 Å². The van der Waals surface area contributed by atoms with Crippen LogP contribution in [0.2, 0.25) is 0 Å². The van der Waals surface area contributed by atoms with Crippen LogP contribution in [0.3, 0.4) is 0 Å². The van der Waals surface area contributed by atoms with Crippen LogP contribution >= 0.6 is 0 Å². The summed E-state index contributed by atoms with van der Waals surface area (Å²) in [6.07, 6.45) is 5.15. The highest BCUT2D eigenvalue weighted by molar-refractivity contribution is 5.42. The molecule has 0 aliphatic carbocycles. The van der Waals surface area contributed by atoms with Gasteiger partial charge in [-0.05, 0) is 37.6 Å². The minimum atomic E-state index is 0.541. The quantitative estimate of drug-likeness (QED) is 0.563. The largest absolute Gasteiger partial charge is 0.493 e. The molecule has 0 spiro atoms. The minimum Gasteiger partial charge on any atom is -0.493 e. The molecule has 0 aliphatic rings. The Hall–Kier alpha value is -1.26. The molecule has 1 N–H and O–H groups in total. The van der Waals surface area contributed by atoms with Crippen molar-refractivity contribution in [2.24, 2.45) is 0 Å². The minimum absolute atomic E-state index is 0.541. The fraction of sp³-hybridized carbons (Fsp3) is 0.667. The van der Waals surface area contributed by atoms with Crippen LogP contribution in [0.15, 0.2) is 18.2 Å². The number of rotatable bonds is 13. The van der Waals surface area contributed by atoms with Gasteiger partial charge < -0.3 is 19.5 Å². The molecule has 1 rings (SSSR count). The topological polar surface area (TPSA) is 39.7 Å². The maximum absolute atomic E-state index is 5.68. The van der Waals surface area contributed by atoms with Crippen molar-refractivity contribution in [2.75, 3.05) is 33.5 Å². The Morgan fingerprint density at radius 3 is 2.59 bits per heavy atom. The van der Waals surface area contributed by atoms with E-state index in [4.69, 9.17) is 14.2 Å². The summed E-state index contributed by atoms with van der Waals surface area (Å²) in [5.74, 6) is 1.55. The van der Waals surface area contributed by atoms with E-state index in [0.29, 0.717) is 19.8 Å². The van der Waals surface area contributed by atoms with E-state index in [9.17, 15) is 0 Å². The third-order valence-corrected chi connectivity index (χ3v) is 3.45. The summed E-state index contributed by atoms with van der Waals surface area (Å²) in [6.45, 7) is 7.99. The van der Waals surface area contributed by atoms with Gasteiger partial charge in [0.1, 0.15) is 6.61 Å². The number of hydrogen-bond donors (Lipinski definition) is 1. The van der Waals surface area contributed by atoms with E-state index in [0.717, 1.165) is 24.6 Å². The van der Waals surface area contributed by atoms with E-state index in [-0.39, 0.29) is 0 Å². The zero-order valence-corrected chi connectivity index (χ0v) is 14.3. The standard InChI is InChI=1S/C18H31NO3/c1-4-6-7-8-11-19-15-16-9-10-17(18(14-16)20-3)22-13-12-21-5-2/h9-10,14,19H,4-8,11-13,15H2,1-3H3. The number of benzene rings is 1. The first-order chi connectivity index (χ1) is 10.8. The summed E-state index contributed by atoms with van der Waals surface area (Å²) in [5.41, 5.74) is 1.21. The molecule has 22 heavy (non-hydrogen) atoms. The van der Waals surface area contributed by atoms with Crippen molar-refractivity contribution in [1.29, 1.82) is 0 Å². The van der Waals surface area contributed by atoms with Crippen LogP contribution < -0.4 is 14.8 Å². The zero-order chi connectivity index (χ0) is 16.0. The summed E-state index contributed by atoms with van der Waals surface area (Å²) in [7, 11) is 1.67. The summed E-state index contributed by atoms with van der Waals surface area (Å²) in [6, 6.07) is 6.09. The highest BCUT2D eigenvalue weighted by atomic mass is 16.5. The van der Waals surface area contributed by atoms with Crippen LogP contribution in [0.5, 0.6) is 11.5 Å². The first-order valence-corrected chi connectivity index (χ1v) is 8.40. The molecule has 0 aliphatic heterocycles. The van der Waals surface area contributed by atoms with Crippen LogP contribution in [0.4, 0.5) is 0 Å². The van der Waals surface area contributed by atoms with Gasteiger partial charge in [-0.1, -0.05) is 32.3 Å². The summed E-state index contributed by atoms with van der Waals surface area (Å²) in [5, 5.41) is 3.47. The molecule has 0 aromatic heterocycles. The van der Waals surface area contributed by atoms with Gasteiger partial charge in [-0.3, -0.25) is 0 Å². The monoisotopic (exact) mass is 309 g/mol. The molecule has 0 unspecified atom stereocenters. The average molecular weight is 309 g/mol. The molecular weight excluding hydrogens is 278 g/mol. The van der Waals surface area contributed by atoms with Gasteiger partial charge in [0.25, 0.3) is 0 Å². The van der Waals surface area contributed by atoms with E-state index in [1.54, 1.807) is 7.11 Å². The smallest absolute Gasteiger partial charge is 0.161 e. The number of hydrogen-bond acceptors (Lipinski definition) is 4. The second kappa shape index (κ2) is 12.3. The molecule has 0 saturated heterocycles. The van der Waals surface area contributed by atoms with Gasteiger partial charge in [-0.2, -0.15) is 0 Å². The second-order valence-corrected chi connectivity index (χ2v) is 5.27. The number of ether oxygens (including phenoxy) is 3. The van der Waals surface area contributed by atoms with E-state index < -0.39 is 0 Å². The molecule has 126 valence electrons. The number of nitrogens with one attached hydrogen (secondary N) is 1. The van der Waals surface area contributed by atoms with E-state index in [2.05, 4.69) is 18.3 Å². The first kappa shape index (κ1) is 18.8. The molecule has 4 heteroatoms. The predicted molar refractivity (Wildman–Crippen MR) is 90.8 cm³/mol. The number of methoxy groups -OCH3 is 1. The van der Waals surface area contributed by atoms with Gasteiger partial charge >= 0.3 is 0 Å². The molecular formula is C18H31NO3. The van der Waals surface area contributed by atoms with Gasteiger partial charge in [0.05, 0.1) is 13.7 Å². The zero-order valence-electron chi connectivity index (χ0n) is 14.3. The Morgan fingerprint density at radius 2 is 1.86 bits per heavy atom. The van der Waals surface area contributed by atoms with Crippen molar-refractivity contribution in [3.63, 3.8) is 0 Å². The fourth-order valence-electron chi connectivity index (χ4n) is 2.21. The highest BCUT2D eigenvalue weighted by Crippen LogP contribution is 2.28. The lowest BCUT2D eigenvalue weighted by Gasteiger charge is -2.12. The summed E-state index contributed by atoms with van der Waals surface area (Å²) >= 11 is 0. The Kier molecular flexibility index (Phi) is 10.5. The van der Waals surface area contributed by atoms with Gasteiger partial charge in [0.15, 0.2) is 11.5 Å².